The predicted molar refractivity (Wildman–Crippen MR) is 135 cm³/mol. The number of hydrazine groups is 2. The molecule has 1 aromatic carbocycles. The van der Waals surface area contributed by atoms with E-state index in [1.165, 1.54) is 13.1 Å². The maximum atomic E-state index is 13.7. The number of anilines is 2. The van der Waals surface area contributed by atoms with E-state index in [2.05, 4.69) is 26.4 Å². The van der Waals surface area contributed by atoms with E-state index in [9.17, 15) is 18.0 Å². The number of carbonyl (C=O) groups is 1. The molecule has 9 nitrogen and oxygen atoms in total. The van der Waals surface area contributed by atoms with E-state index in [-0.39, 0.29) is 16.8 Å². The second-order valence-corrected chi connectivity index (χ2v) is 9.24. The number of hydrogen-bond acceptors (Lipinski definition) is 7. The average molecular weight is 515 g/mol. The summed E-state index contributed by atoms with van der Waals surface area (Å²) in [7, 11) is 5.40. The van der Waals surface area contributed by atoms with Crippen LogP contribution in [0.1, 0.15) is 44.0 Å². The van der Waals surface area contributed by atoms with Gasteiger partial charge in [0, 0.05) is 42.9 Å². The van der Waals surface area contributed by atoms with Crippen molar-refractivity contribution in [2.24, 2.45) is 7.05 Å². The Morgan fingerprint density at radius 1 is 1.14 bits per heavy atom. The molecule has 0 bridgehead atoms. The lowest BCUT2D eigenvalue weighted by Crippen LogP contribution is -2.36. The number of aryl methyl sites for hydroxylation is 2. The monoisotopic (exact) mass is 514 g/mol. The van der Waals surface area contributed by atoms with Crippen molar-refractivity contribution in [2.75, 3.05) is 24.4 Å². The molecule has 0 unspecified atom stereocenters. The van der Waals surface area contributed by atoms with Crippen molar-refractivity contribution in [3.8, 4) is 0 Å². The van der Waals surface area contributed by atoms with Gasteiger partial charge in [0.15, 0.2) is 0 Å². The topological polar surface area (TPSA) is 90.4 Å². The van der Waals surface area contributed by atoms with Gasteiger partial charge in [-0.3, -0.25) is 19.5 Å². The van der Waals surface area contributed by atoms with Crippen LogP contribution < -0.4 is 21.3 Å². The normalized spacial score (nSPS) is 13.7. The molecule has 0 fully saturated rings. The number of benzene rings is 1. The summed E-state index contributed by atoms with van der Waals surface area (Å²) < 4.78 is 42.8. The molecule has 3 aromatic rings. The minimum Gasteiger partial charge on any atom is -0.322 e. The van der Waals surface area contributed by atoms with Crippen molar-refractivity contribution in [3.05, 3.63) is 76.0 Å². The molecule has 37 heavy (non-hydrogen) atoms. The predicted octanol–water partition coefficient (Wildman–Crippen LogP) is 3.90. The zero-order valence-corrected chi connectivity index (χ0v) is 21.4. The van der Waals surface area contributed by atoms with Crippen LogP contribution in [-0.4, -0.2) is 39.7 Å². The van der Waals surface area contributed by atoms with Crippen molar-refractivity contribution in [2.45, 2.75) is 33.5 Å². The molecule has 3 heterocycles. The van der Waals surface area contributed by atoms with Crippen molar-refractivity contribution in [1.29, 1.82) is 0 Å². The first-order chi connectivity index (χ1) is 17.3. The SMILES string of the molecule is Cc1ncc(C(=O)Nc2cc(CN(C)C)c(C)c(C(F)(F)F)c2)cc1N1C=C(c2cnn(C)c2C)NN1. The first-order valence-electron chi connectivity index (χ1n) is 11.5. The summed E-state index contributed by atoms with van der Waals surface area (Å²) >= 11 is 0. The van der Waals surface area contributed by atoms with E-state index < -0.39 is 17.6 Å². The van der Waals surface area contributed by atoms with Crippen LogP contribution in [0.25, 0.3) is 5.70 Å². The van der Waals surface area contributed by atoms with E-state index in [0.717, 1.165) is 23.0 Å². The molecule has 1 aliphatic rings. The summed E-state index contributed by atoms with van der Waals surface area (Å²) in [6.07, 6.45) is 0.414. The smallest absolute Gasteiger partial charge is 0.322 e. The maximum absolute atomic E-state index is 13.7. The van der Waals surface area contributed by atoms with Gasteiger partial charge in [0.25, 0.3) is 5.91 Å². The lowest BCUT2D eigenvalue weighted by molar-refractivity contribution is -0.138. The lowest BCUT2D eigenvalue weighted by Gasteiger charge is -2.20. The van der Waals surface area contributed by atoms with Gasteiger partial charge in [-0.25, -0.2) is 0 Å². The standard InChI is InChI=1S/C25H29F3N8O/c1-14-18(12-34(4)5)7-19(9-21(14)25(26,27)28)31-24(37)17-8-23(15(2)29-10-17)36-13-22(32-33-36)20-11-30-35(6)16(20)3/h7-11,13,32-33H,12H2,1-6H3,(H,31,37). The number of nitrogens with zero attached hydrogens (tertiary/aromatic N) is 5. The van der Waals surface area contributed by atoms with Gasteiger partial charge < -0.3 is 15.6 Å². The number of nitrogens with one attached hydrogen (secondary N) is 3. The Morgan fingerprint density at radius 2 is 1.86 bits per heavy atom. The maximum Gasteiger partial charge on any atom is 0.416 e. The summed E-state index contributed by atoms with van der Waals surface area (Å²) in [5.41, 5.74) is 10.1. The van der Waals surface area contributed by atoms with Gasteiger partial charge >= 0.3 is 6.18 Å². The molecule has 1 amide bonds. The summed E-state index contributed by atoms with van der Waals surface area (Å²) in [6, 6.07) is 4.16. The van der Waals surface area contributed by atoms with Gasteiger partial charge in [-0.15, -0.1) is 5.53 Å². The highest BCUT2D eigenvalue weighted by molar-refractivity contribution is 6.04. The highest BCUT2D eigenvalue weighted by atomic mass is 19.4. The second-order valence-electron chi connectivity index (χ2n) is 9.24. The van der Waals surface area contributed by atoms with Crippen LogP contribution in [0.3, 0.4) is 0 Å². The Kier molecular flexibility index (Phi) is 6.98. The molecule has 3 N–H and O–H groups in total. The van der Waals surface area contributed by atoms with Crippen LogP contribution in [0.2, 0.25) is 0 Å². The van der Waals surface area contributed by atoms with Crippen LogP contribution >= 0.6 is 0 Å². The first kappa shape index (κ1) is 26.2. The number of alkyl halides is 3. The fourth-order valence-electron chi connectivity index (χ4n) is 4.08. The third kappa shape index (κ3) is 5.44. The highest BCUT2D eigenvalue weighted by Crippen LogP contribution is 2.36. The van der Waals surface area contributed by atoms with Crippen LogP contribution in [0, 0.1) is 20.8 Å². The van der Waals surface area contributed by atoms with Crippen molar-refractivity contribution in [3.63, 3.8) is 0 Å². The first-order valence-corrected chi connectivity index (χ1v) is 11.5. The minimum absolute atomic E-state index is 0.0668. The summed E-state index contributed by atoms with van der Waals surface area (Å²) in [5.74, 6) is -0.569. The van der Waals surface area contributed by atoms with Crippen LogP contribution in [0.5, 0.6) is 0 Å². The second kappa shape index (κ2) is 9.87. The molecular formula is C25H29F3N8O. The molecule has 1 aliphatic heterocycles. The molecule has 0 saturated carbocycles. The van der Waals surface area contributed by atoms with Crippen LogP contribution in [-0.2, 0) is 19.8 Å². The van der Waals surface area contributed by atoms with Crippen molar-refractivity contribution in [1.82, 2.24) is 30.6 Å². The van der Waals surface area contributed by atoms with E-state index in [1.807, 2.05) is 20.2 Å². The van der Waals surface area contributed by atoms with E-state index >= 15 is 0 Å². The molecular weight excluding hydrogens is 485 g/mol. The number of rotatable bonds is 6. The molecule has 0 spiro atoms. The quantitative estimate of drug-likeness (QED) is 0.460. The number of amides is 1. The van der Waals surface area contributed by atoms with Gasteiger partial charge in [-0.2, -0.15) is 18.3 Å². The Bertz CT molecular complexity index is 1380. The lowest BCUT2D eigenvalue weighted by atomic mass is 10.00. The number of pyridine rings is 1. The van der Waals surface area contributed by atoms with E-state index in [4.69, 9.17) is 0 Å². The molecule has 0 atom stereocenters. The largest absolute Gasteiger partial charge is 0.416 e. The Balaban J connectivity index is 1.62. The van der Waals surface area contributed by atoms with Crippen LogP contribution in [0.4, 0.5) is 24.5 Å². The van der Waals surface area contributed by atoms with E-state index in [0.29, 0.717) is 23.5 Å². The van der Waals surface area contributed by atoms with Gasteiger partial charge in [0.1, 0.15) is 0 Å². The van der Waals surface area contributed by atoms with Crippen molar-refractivity contribution < 1.29 is 18.0 Å². The molecule has 4 rings (SSSR count). The van der Waals surface area contributed by atoms with Gasteiger partial charge in [-0.1, -0.05) is 0 Å². The molecule has 2 aromatic heterocycles. The van der Waals surface area contributed by atoms with Crippen molar-refractivity contribution >= 4 is 23.0 Å². The van der Waals surface area contributed by atoms with Gasteiger partial charge in [0.2, 0.25) is 0 Å². The number of aromatic nitrogens is 3. The zero-order valence-electron chi connectivity index (χ0n) is 21.4. The number of halogens is 3. The summed E-state index contributed by atoms with van der Waals surface area (Å²) in [4.78, 5) is 19.2. The van der Waals surface area contributed by atoms with E-state index in [1.54, 1.807) is 53.9 Å². The molecule has 0 saturated heterocycles. The Hall–Kier alpha value is -3.90. The minimum atomic E-state index is -4.55. The zero-order chi connectivity index (χ0) is 27.1. The fraction of sp³-hybridized carbons (Fsp3) is 0.320. The molecule has 196 valence electrons. The molecule has 12 heteroatoms. The van der Waals surface area contributed by atoms with Crippen LogP contribution in [0.15, 0.2) is 36.8 Å². The third-order valence-electron chi connectivity index (χ3n) is 6.24. The summed E-state index contributed by atoms with van der Waals surface area (Å²) in [6.45, 7) is 5.48. The average Bonchev–Trinajstić information content (AvgIpc) is 3.42. The number of carbonyl (C=O) groups excluding carboxylic acids is 1. The number of hydrogen-bond donors (Lipinski definition) is 3. The highest BCUT2D eigenvalue weighted by Gasteiger charge is 2.34. The van der Waals surface area contributed by atoms with Gasteiger partial charge in [0.05, 0.1) is 34.4 Å². The Morgan fingerprint density at radius 3 is 2.49 bits per heavy atom. The fourth-order valence-corrected chi connectivity index (χ4v) is 4.08. The third-order valence-corrected chi connectivity index (χ3v) is 6.24. The van der Waals surface area contributed by atoms with Gasteiger partial charge in [-0.05, 0) is 64.2 Å². The summed E-state index contributed by atoms with van der Waals surface area (Å²) in [5, 5.41) is 8.55. The molecule has 0 aliphatic carbocycles. The Labute approximate surface area is 212 Å². The molecule has 0 radical (unpaired) electrons.